The summed E-state index contributed by atoms with van der Waals surface area (Å²) in [6, 6.07) is 0. The molecule has 2 nitrogen and oxygen atoms in total. The van der Waals surface area contributed by atoms with E-state index < -0.39 is 0 Å². The zero-order valence-corrected chi connectivity index (χ0v) is 11.9. The second-order valence-corrected chi connectivity index (χ2v) is 2.63. The molecule has 1 aliphatic rings. The van der Waals surface area contributed by atoms with Crippen LogP contribution in [0, 0.1) is 0 Å². The van der Waals surface area contributed by atoms with Crippen molar-refractivity contribution >= 4 is 0 Å². The first-order chi connectivity index (χ1) is 5.70. The molecule has 14 heavy (non-hydrogen) atoms. The fourth-order valence-corrected chi connectivity index (χ4v) is 1.10. The summed E-state index contributed by atoms with van der Waals surface area (Å²) in [6.07, 6.45) is 3.46. The van der Waals surface area contributed by atoms with Gasteiger partial charge < -0.3 is 22.6 Å². The van der Waals surface area contributed by atoms with Crippen LogP contribution in [0.1, 0.15) is 27.2 Å². The summed E-state index contributed by atoms with van der Waals surface area (Å²) in [5.74, 6) is 0. The Kier molecular flexibility index (Phi) is 27.1. The third-order valence-corrected chi connectivity index (χ3v) is 1.68. The quantitative estimate of drug-likeness (QED) is 0.539. The topological polar surface area (TPSA) is 40.5 Å². The molecule has 0 unspecified atom stereocenters. The van der Waals surface area contributed by atoms with Crippen molar-refractivity contribution in [1.29, 1.82) is 0 Å². The van der Waals surface area contributed by atoms with Crippen molar-refractivity contribution in [1.82, 2.24) is 0 Å². The van der Waals surface area contributed by atoms with E-state index in [1.54, 1.807) is 0 Å². The summed E-state index contributed by atoms with van der Waals surface area (Å²) in [6.45, 7) is 6.55. The van der Waals surface area contributed by atoms with Crippen molar-refractivity contribution < 1.29 is 44.3 Å². The van der Waals surface area contributed by atoms with Gasteiger partial charge in [-0.2, -0.15) is 0 Å². The fourth-order valence-electron chi connectivity index (χ4n) is 1.10. The molecule has 0 atom stereocenters. The van der Waals surface area contributed by atoms with Crippen LogP contribution < -0.4 is 12.4 Å². The van der Waals surface area contributed by atoms with Crippen molar-refractivity contribution in [2.45, 2.75) is 27.2 Å². The first kappa shape index (κ1) is 23.9. The Labute approximate surface area is 108 Å². The Morgan fingerprint density at radius 1 is 1.00 bits per heavy atom. The molecule has 0 aromatic rings. The molecule has 0 aliphatic heterocycles. The van der Waals surface area contributed by atoms with Gasteiger partial charge in [0.15, 0.2) is 0 Å². The van der Waals surface area contributed by atoms with Crippen LogP contribution in [0.3, 0.4) is 0 Å². The van der Waals surface area contributed by atoms with Crippen LogP contribution in [0.5, 0.6) is 0 Å². The Bertz CT molecular complexity index is 177. The zero-order valence-electron chi connectivity index (χ0n) is 9.56. The molecule has 0 aromatic heterocycles. The summed E-state index contributed by atoms with van der Waals surface area (Å²) in [5, 5.41) is 14.0. The van der Waals surface area contributed by atoms with E-state index in [-0.39, 0.29) is 34.1 Å². The predicted octanol–water partition coefficient (Wildman–Crippen LogP) is -1.11. The Morgan fingerprint density at radius 2 is 1.36 bits per heavy atom. The van der Waals surface area contributed by atoms with Gasteiger partial charge in [-0.3, -0.25) is 0 Å². The molecule has 0 amide bonds. The minimum atomic E-state index is 0. The zero-order chi connectivity index (χ0) is 10.1. The Morgan fingerprint density at radius 3 is 1.43 bits per heavy atom. The van der Waals surface area contributed by atoms with Crippen LogP contribution in [0.4, 0.5) is 0 Å². The molecular weight excluding hydrogens is 235 g/mol. The van der Waals surface area contributed by atoms with Gasteiger partial charge in [-0.15, -0.1) is 0 Å². The number of halogens is 1. The van der Waals surface area contributed by atoms with Gasteiger partial charge in [0.2, 0.25) is 0 Å². The van der Waals surface area contributed by atoms with Gasteiger partial charge in [-0.25, -0.2) is 0 Å². The predicted molar refractivity (Wildman–Crippen MR) is 53.0 cm³/mol. The maximum absolute atomic E-state index is 7.00. The van der Waals surface area contributed by atoms with Crippen molar-refractivity contribution in [2.24, 2.45) is 0 Å². The van der Waals surface area contributed by atoms with Crippen LogP contribution in [-0.4, -0.2) is 24.4 Å². The number of hydrogen-bond acceptors (Lipinski definition) is 2. The van der Waals surface area contributed by atoms with Crippen LogP contribution in [0.2, 0.25) is 0 Å². The molecule has 0 bridgehead atoms. The molecule has 0 aromatic carbocycles. The van der Waals surface area contributed by atoms with E-state index in [1.807, 2.05) is 0 Å². The molecule has 0 saturated heterocycles. The first-order valence-corrected chi connectivity index (χ1v) is 3.93. The summed E-state index contributed by atoms with van der Waals surface area (Å²) < 4.78 is 0. The fraction of sp³-hybridized carbons (Fsp3) is 0.600. The van der Waals surface area contributed by atoms with E-state index in [2.05, 4.69) is 26.8 Å². The van der Waals surface area contributed by atoms with Crippen LogP contribution >= 0.6 is 0 Å². The van der Waals surface area contributed by atoms with E-state index >= 15 is 0 Å². The van der Waals surface area contributed by atoms with Crippen molar-refractivity contribution in [2.75, 3.05) is 14.2 Å². The molecule has 4 heteroatoms. The number of aliphatic hydroxyl groups excluding tert-OH is 2. The molecule has 0 spiro atoms. The number of allylic oxidation sites excluding steroid dienone is 4. The van der Waals surface area contributed by atoms with E-state index in [0.717, 1.165) is 14.2 Å². The largest absolute Gasteiger partial charge is 1.00 e. The summed E-state index contributed by atoms with van der Waals surface area (Å²) in [4.78, 5) is 0. The number of rotatable bonds is 0. The van der Waals surface area contributed by atoms with E-state index in [9.17, 15) is 0 Å². The maximum atomic E-state index is 7.00. The molecule has 1 rings (SSSR count). The van der Waals surface area contributed by atoms with Crippen LogP contribution in [0.25, 0.3) is 0 Å². The minimum Gasteiger partial charge on any atom is -1.00 e. The van der Waals surface area contributed by atoms with E-state index in [4.69, 9.17) is 10.2 Å². The first-order valence-electron chi connectivity index (χ1n) is 3.93. The SMILES string of the molecule is CC1=CC(C)=C(C)C1.CO.CO.[Cl-].[Ti]. The van der Waals surface area contributed by atoms with Gasteiger partial charge in [0, 0.05) is 35.9 Å². The number of aliphatic hydroxyl groups is 2. The van der Waals surface area contributed by atoms with Gasteiger partial charge in [-0.1, -0.05) is 22.8 Å². The second kappa shape index (κ2) is 15.9. The normalized spacial score (nSPS) is 12.1. The van der Waals surface area contributed by atoms with Gasteiger partial charge in [0.25, 0.3) is 0 Å². The second-order valence-electron chi connectivity index (χ2n) is 2.63. The monoisotopic (exact) mass is 255 g/mol. The Balaban J connectivity index is -0.0000000750. The standard InChI is InChI=1S/C8H12.2CH4O.ClH.Ti/c1-6-4-7(2)8(3)5-6;2*1-2;;/h4H,5H2,1-3H3;2*2H,1H3;1H;/p-1. The maximum Gasteiger partial charge on any atom is 0.0319 e. The third kappa shape index (κ3) is 10.5. The summed E-state index contributed by atoms with van der Waals surface area (Å²) in [5.41, 5.74) is 4.49. The molecular formula is C10H20ClO2Ti-. The number of hydrogen-bond donors (Lipinski definition) is 2. The van der Waals surface area contributed by atoms with Crippen molar-refractivity contribution in [3.05, 3.63) is 22.8 Å². The van der Waals surface area contributed by atoms with Crippen LogP contribution in [-0.2, 0) is 21.7 Å². The molecule has 84 valence electrons. The molecule has 1 aliphatic carbocycles. The van der Waals surface area contributed by atoms with Gasteiger partial charge in [-0.05, 0) is 27.2 Å². The van der Waals surface area contributed by atoms with Crippen LogP contribution in [0.15, 0.2) is 22.8 Å². The van der Waals surface area contributed by atoms with Gasteiger partial charge in [0.05, 0.1) is 0 Å². The molecule has 2 N–H and O–H groups in total. The van der Waals surface area contributed by atoms with Gasteiger partial charge in [0.1, 0.15) is 0 Å². The molecule has 0 radical (unpaired) electrons. The summed E-state index contributed by atoms with van der Waals surface area (Å²) in [7, 11) is 2.00. The molecule has 0 saturated carbocycles. The minimum absolute atomic E-state index is 0. The summed E-state index contributed by atoms with van der Waals surface area (Å²) >= 11 is 0. The average Bonchev–Trinajstić information content (AvgIpc) is 2.37. The Hall–Kier alpha value is 0.404. The van der Waals surface area contributed by atoms with Crippen molar-refractivity contribution in [3.8, 4) is 0 Å². The van der Waals surface area contributed by atoms with E-state index in [0.29, 0.717) is 0 Å². The smallest absolute Gasteiger partial charge is 0.0319 e. The van der Waals surface area contributed by atoms with Crippen molar-refractivity contribution in [3.63, 3.8) is 0 Å². The molecule has 0 heterocycles. The average molecular weight is 256 g/mol. The third-order valence-electron chi connectivity index (χ3n) is 1.68. The van der Waals surface area contributed by atoms with Gasteiger partial charge >= 0.3 is 0 Å². The molecule has 0 fully saturated rings. The van der Waals surface area contributed by atoms with E-state index in [1.165, 1.54) is 23.1 Å².